The topological polar surface area (TPSA) is 66.5 Å². The molecule has 5 nitrogen and oxygen atoms in total. The SMILES string of the molecule is CC[C@H](NC(=O)CN(c1ccc(C)cc1)S(=O)(=O)c1ccc(SC)cc1)c1ccc(C)cc1. The van der Waals surface area contributed by atoms with E-state index in [-0.39, 0.29) is 23.4 Å². The van der Waals surface area contributed by atoms with Crippen molar-refractivity contribution in [1.82, 2.24) is 5.32 Å². The third-order valence-corrected chi connectivity index (χ3v) is 8.01. The summed E-state index contributed by atoms with van der Waals surface area (Å²) in [4.78, 5) is 14.2. The molecule has 174 valence electrons. The lowest BCUT2D eigenvalue weighted by molar-refractivity contribution is -0.120. The number of thioether (sulfide) groups is 1. The molecular weight excluding hydrogens is 452 g/mol. The first-order chi connectivity index (χ1) is 15.7. The van der Waals surface area contributed by atoms with Crippen LogP contribution < -0.4 is 9.62 Å². The Morgan fingerprint density at radius 2 is 1.45 bits per heavy atom. The van der Waals surface area contributed by atoms with Crippen molar-refractivity contribution in [3.63, 3.8) is 0 Å². The van der Waals surface area contributed by atoms with Gasteiger partial charge in [-0.3, -0.25) is 9.10 Å². The van der Waals surface area contributed by atoms with Crippen LogP contribution in [0, 0.1) is 13.8 Å². The van der Waals surface area contributed by atoms with Gasteiger partial charge in [-0.15, -0.1) is 11.8 Å². The number of rotatable bonds is 9. The van der Waals surface area contributed by atoms with Crippen LogP contribution in [0.1, 0.15) is 36.1 Å². The predicted octanol–water partition coefficient (Wildman–Crippen LogP) is 5.49. The number of hydrogen-bond acceptors (Lipinski definition) is 4. The lowest BCUT2D eigenvalue weighted by Gasteiger charge is -2.26. The van der Waals surface area contributed by atoms with Crippen LogP contribution in [0.4, 0.5) is 5.69 Å². The maximum Gasteiger partial charge on any atom is 0.264 e. The zero-order chi connectivity index (χ0) is 24.0. The summed E-state index contributed by atoms with van der Waals surface area (Å²) in [6, 6.07) is 21.7. The summed E-state index contributed by atoms with van der Waals surface area (Å²) in [5.41, 5.74) is 3.60. The minimum atomic E-state index is -3.94. The Bertz CT molecular complexity index is 1170. The Hall–Kier alpha value is -2.77. The van der Waals surface area contributed by atoms with Crippen molar-refractivity contribution in [2.24, 2.45) is 0 Å². The number of aryl methyl sites for hydroxylation is 2. The molecule has 0 spiro atoms. The molecule has 0 fully saturated rings. The maximum absolute atomic E-state index is 13.6. The number of anilines is 1. The Balaban J connectivity index is 1.89. The number of sulfonamides is 1. The highest BCUT2D eigenvalue weighted by molar-refractivity contribution is 7.98. The average molecular weight is 483 g/mol. The third kappa shape index (κ3) is 6.18. The lowest BCUT2D eigenvalue weighted by atomic mass is 10.0. The van der Waals surface area contributed by atoms with Crippen molar-refractivity contribution in [2.75, 3.05) is 17.1 Å². The first kappa shape index (κ1) is 24.9. The van der Waals surface area contributed by atoms with Crippen LogP contribution in [-0.2, 0) is 14.8 Å². The molecule has 1 atom stereocenters. The van der Waals surface area contributed by atoms with Gasteiger partial charge in [-0.2, -0.15) is 0 Å². The van der Waals surface area contributed by atoms with Gasteiger partial charge in [0.1, 0.15) is 6.54 Å². The second-order valence-corrected chi connectivity index (χ2v) is 10.7. The van der Waals surface area contributed by atoms with Crippen molar-refractivity contribution in [3.05, 3.63) is 89.5 Å². The number of nitrogens with zero attached hydrogens (tertiary/aromatic N) is 1. The highest BCUT2D eigenvalue weighted by Crippen LogP contribution is 2.26. The molecule has 0 aromatic heterocycles. The first-order valence-corrected chi connectivity index (χ1v) is 13.5. The second kappa shape index (κ2) is 10.9. The molecule has 0 aliphatic rings. The second-order valence-electron chi connectivity index (χ2n) is 7.96. The molecule has 1 N–H and O–H groups in total. The van der Waals surface area contributed by atoms with Crippen molar-refractivity contribution < 1.29 is 13.2 Å². The zero-order valence-electron chi connectivity index (χ0n) is 19.4. The van der Waals surface area contributed by atoms with Crippen molar-refractivity contribution >= 4 is 33.4 Å². The van der Waals surface area contributed by atoms with E-state index in [1.165, 1.54) is 4.31 Å². The summed E-state index contributed by atoms with van der Waals surface area (Å²) < 4.78 is 28.3. The van der Waals surface area contributed by atoms with Gasteiger partial charge >= 0.3 is 0 Å². The van der Waals surface area contributed by atoms with Gasteiger partial charge in [-0.05, 0) is 68.5 Å². The van der Waals surface area contributed by atoms with Gasteiger partial charge in [0.05, 0.1) is 16.6 Å². The lowest BCUT2D eigenvalue weighted by Crippen LogP contribution is -2.42. The molecule has 0 radical (unpaired) electrons. The Morgan fingerprint density at radius 3 is 1.97 bits per heavy atom. The van der Waals surface area contributed by atoms with Crippen LogP contribution in [0.2, 0.25) is 0 Å². The highest BCUT2D eigenvalue weighted by atomic mass is 32.2. The van der Waals surface area contributed by atoms with E-state index in [1.807, 2.05) is 63.4 Å². The quantitative estimate of drug-likeness (QED) is 0.410. The fourth-order valence-corrected chi connectivity index (χ4v) is 5.32. The van der Waals surface area contributed by atoms with E-state index in [2.05, 4.69) is 5.32 Å². The standard InChI is InChI=1S/C26H30N2O3S2/c1-5-25(21-10-6-19(2)7-11-21)27-26(29)18-28(22-12-8-20(3)9-13-22)33(30,31)24-16-14-23(32-4)15-17-24/h6-17,25H,5,18H2,1-4H3,(H,27,29)/t25-/m0/s1. The van der Waals surface area contributed by atoms with Crippen molar-refractivity contribution in [1.29, 1.82) is 0 Å². The molecule has 3 aromatic rings. The van der Waals surface area contributed by atoms with Gasteiger partial charge in [0.25, 0.3) is 10.0 Å². The normalized spacial score (nSPS) is 12.2. The molecule has 0 saturated carbocycles. The Labute approximate surface area is 201 Å². The summed E-state index contributed by atoms with van der Waals surface area (Å²) in [6.07, 6.45) is 2.63. The van der Waals surface area contributed by atoms with Gasteiger partial charge in [0.15, 0.2) is 0 Å². The molecule has 0 aliphatic heterocycles. The molecule has 0 bridgehead atoms. The molecular formula is C26H30N2O3S2. The fraction of sp³-hybridized carbons (Fsp3) is 0.269. The molecule has 3 rings (SSSR count). The number of amides is 1. The maximum atomic E-state index is 13.6. The van der Waals surface area contributed by atoms with E-state index >= 15 is 0 Å². The van der Waals surface area contributed by atoms with Crippen molar-refractivity contribution in [3.8, 4) is 0 Å². The van der Waals surface area contributed by atoms with Crippen LogP contribution in [0.3, 0.4) is 0 Å². The van der Waals surface area contributed by atoms with Gasteiger partial charge in [0.2, 0.25) is 5.91 Å². The highest BCUT2D eigenvalue weighted by Gasteiger charge is 2.28. The van der Waals surface area contributed by atoms with Crippen LogP contribution in [0.25, 0.3) is 0 Å². The van der Waals surface area contributed by atoms with Crippen LogP contribution in [0.15, 0.2) is 82.6 Å². The molecule has 33 heavy (non-hydrogen) atoms. The van der Waals surface area contributed by atoms with Gasteiger partial charge in [-0.1, -0.05) is 54.4 Å². The summed E-state index contributed by atoms with van der Waals surface area (Å²) in [5.74, 6) is -0.354. The molecule has 0 aliphatic carbocycles. The smallest absolute Gasteiger partial charge is 0.264 e. The number of benzene rings is 3. The molecule has 0 unspecified atom stereocenters. The molecule has 3 aromatic carbocycles. The minimum Gasteiger partial charge on any atom is -0.348 e. The average Bonchev–Trinajstić information content (AvgIpc) is 2.82. The Kier molecular flexibility index (Phi) is 8.21. The first-order valence-electron chi connectivity index (χ1n) is 10.8. The summed E-state index contributed by atoms with van der Waals surface area (Å²) in [7, 11) is -3.94. The van der Waals surface area contributed by atoms with E-state index in [0.29, 0.717) is 12.1 Å². The fourth-order valence-electron chi connectivity index (χ4n) is 3.49. The minimum absolute atomic E-state index is 0.152. The summed E-state index contributed by atoms with van der Waals surface area (Å²) in [6.45, 7) is 5.63. The van der Waals surface area contributed by atoms with Gasteiger partial charge in [0, 0.05) is 4.90 Å². The summed E-state index contributed by atoms with van der Waals surface area (Å²) in [5, 5.41) is 3.01. The van der Waals surface area contributed by atoms with Gasteiger partial charge < -0.3 is 5.32 Å². The van der Waals surface area contributed by atoms with E-state index in [9.17, 15) is 13.2 Å². The summed E-state index contributed by atoms with van der Waals surface area (Å²) >= 11 is 1.54. The van der Waals surface area contributed by atoms with Crippen LogP contribution in [-0.4, -0.2) is 27.1 Å². The van der Waals surface area contributed by atoms with E-state index in [4.69, 9.17) is 0 Å². The van der Waals surface area contributed by atoms with E-state index in [1.54, 1.807) is 48.2 Å². The number of nitrogens with one attached hydrogen (secondary N) is 1. The van der Waals surface area contributed by atoms with Crippen LogP contribution in [0.5, 0.6) is 0 Å². The number of carbonyl (C=O) groups excluding carboxylic acids is 1. The molecule has 1 amide bonds. The van der Waals surface area contributed by atoms with E-state index < -0.39 is 10.0 Å². The van der Waals surface area contributed by atoms with Crippen molar-refractivity contribution in [2.45, 2.75) is 43.0 Å². The zero-order valence-corrected chi connectivity index (χ0v) is 21.0. The number of hydrogen-bond donors (Lipinski definition) is 1. The molecule has 7 heteroatoms. The Morgan fingerprint density at radius 1 is 0.909 bits per heavy atom. The van der Waals surface area contributed by atoms with Crippen LogP contribution >= 0.6 is 11.8 Å². The predicted molar refractivity (Wildman–Crippen MR) is 136 cm³/mol. The molecule has 0 saturated heterocycles. The van der Waals surface area contributed by atoms with E-state index in [0.717, 1.165) is 21.6 Å². The monoisotopic (exact) mass is 482 g/mol. The number of carbonyl (C=O) groups is 1. The largest absolute Gasteiger partial charge is 0.348 e. The van der Waals surface area contributed by atoms with Gasteiger partial charge in [-0.25, -0.2) is 8.42 Å². The third-order valence-electron chi connectivity index (χ3n) is 5.48. The molecule has 0 heterocycles.